The minimum absolute atomic E-state index is 0.128. The van der Waals surface area contributed by atoms with Gasteiger partial charge in [0.2, 0.25) is 0 Å². The van der Waals surface area contributed by atoms with Crippen molar-refractivity contribution < 1.29 is 19.4 Å². The number of carbonyl (C=O) groups excluding carboxylic acids is 1. The number of ketones is 1. The van der Waals surface area contributed by atoms with Crippen LogP contribution >= 0.6 is 0 Å². The molecule has 3 rings (SSSR count). The molecule has 0 spiro atoms. The van der Waals surface area contributed by atoms with Gasteiger partial charge >= 0.3 is 5.97 Å². The number of carboxylic acids is 1. The fourth-order valence-electron chi connectivity index (χ4n) is 2.97. The third kappa shape index (κ3) is 2.45. The van der Waals surface area contributed by atoms with Gasteiger partial charge in [-0.05, 0) is 37.5 Å². The van der Waals surface area contributed by atoms with Crippen LogP contribution in [-0.2, 0) is 16.0 Å². The Balaban J connectivity index is 1.92. The van der Waals surface area contributed by atoms with Gasteiger partial charge in [-0.2, -0.15) is 0 Å². The van der Waals surface area contributed by atoms with Crippen LogP contribution in [0.2, 0.25) is 0 Å². The number of Topliss-reactive ketones (excluding diaryl/α,β-unsaturated/α-hetero) is 1. The molecule has 0 bridgehead atoms. The maximum absolute atomic E-state index is 12.6. The number of aryl methyl sites for hydroxylation is 2. The van der Waals surface area contributed by atoms with E-state index in [1.54, 1.807) is 19.1 Å². The zero-order valence-corrected chi connectivity index (χ0v) is 12.6. The second-order valence-corrected chi connectivity index (χ2v) is 5.93. The molecule has 0 saturated heterocycles. The highest BCUT2D eigenvalue weighted by molar-refractivity contribution is 6.02. The molecular formula is C18H18O4. The highest BCUT2D eigenvalue weighted by Gasteiger charge is 2.35. The van der Waals surface area contributed by atoms with Gasteiger partial charge in [0, 0.05) is 5.57 Å². The summed E-state index contributed by atoms with van der Waals surface area (Å²) in [5, 5.41) is 9.14. The maximum Gasteiger partial charge on any atom is 0.307 e. The first-order chi connectivity index (χ1) is 10.5. The molecule has 1 heterocycles. The summed E-state index contributed by atoms with van der Waals surface area (Å²) in [6.07, 6.45) is 4.70. The molecule has 1 aromatic rings. The van der Waals surface area contributed by atoms with Crippen LogP contribution in [0.3, 0.4) is 0 Å². The summed E-state index contributed by atoms with van der Waals surface area (Å²) in [5.74, 6) is -1.09. The highest BCUT2D eigenvalue weighted by Crippen LogP contribution is 2.35. The molecule has 0 saturated carbocycles. The Morgan fingerprint density at radius 1 is 1.36 bits per heavy atom. The Morgan fingerprint density at radius 3 is 2.86 bits per heavy atom. The lowest BCUT2D eigenvalue weighted by atomic mass is 9.81. The van der Waals surface area contributed by atoms with Crippen LogP contribution in [0.5, 0.6) is 5.75 Å². The molecule has 1 aliphatic carbocycles. The summed E-state index contributed by atoms with van der Waals surface area (Å²) in [7, 11) is 0. The minimum Gasteiger partial charge on any atom is -0.481 e. The van der Waals surface area contributed by atoms with Gasteiger partial charge in [-0.25, -0.2) is 0 Å². The van der Waals surface area contributed by atoms with Crippen LogP contribution in [0.1, 0.15) is 24.5 Å². The van der Waals surface area contributed by atoms with Crippen molar-refractivity contribution in [3.63, 3.8) is 0 Å². The standard InChI is InChI=1S/C18H18O4/c1-10-3-7-15-12(9-10)4-5-14-16(22-15)8-6-13(17(14)19)11(2)18(20)21/h3,6-9,11,13H,4-5H2,1-2H3,(H,20,21). The van der Waals surface area contributed by atoms with Gasteiger partial charge in [0.15, 0.2) is 5.78 Å². The van der Waals surface area contributed by atoms with Crippen LogP contribution in [-0.4, -0.2) is 16.9 Å². The van der Waals surface area contributed by atoms with Gasteiger partial charge in [0.1, 0.15) is 11.5 Å². The molecule has 2 aliphatic rings. The van der Waals surface area contributed by atoms with Crippen molar-refractivity contribution in [2.75, 3.05) is 0 Å². The summed E-state index contributed by atoms with van der Waals surface area (Å²) in [5.41, 5.74) is 2.84. The predicted molar refractivity (Wildman–Crippen MR) is 81.6 cm³/mol. The van der Waals surface area contributed by atoms with Gasteiger partial charge < -0.3 is 9.84 Å². The number of rotatable bonds is 2. The van der Waals surface area contributed by atoms with E-state index in [1.807, 2.05) is 19.1 Å². The fraction of sp³-hybridized carbons (Fsp3) is 0.333. The van der Waals surface area contributed by atoms with Crippen molar-refractivity contribution in [1.29, 1.82) is 0 Å². The van der Waals surface area contributed by atoms with E-state index in [2.05, 4.69) is 6.07 Å². The summed E-state index contributed by atoms with van der Waals surface area (Å²) in [6.45, 7) is 3.59. The van der Waals surface area contributed by atoms with Crippen LogP contribution in [0.4, 0.5) is 0 Å². The monoisotopic (exact) mass is 298 g/mol. The van der Waals surface area contributed by atoms with Gasteiger partial charge in [0.25, 0.3) is 0 Å². The molecule has 0 aromatic heterocycles. The fourth-order valence-corrected chi connectivity index (χ4v) is 2.97. The third-order valence-electron chi connectivity index (χ3n) is 4.36. The SMILES string of the molecule is Cc1ccc2c(c1)CCC1=C(C=CC(C(C)C(=O)O)C1=O)O2. The number of carbonyl (C=O) groups is 2. The van der Waals surface area contributed by atoms with Crippen LogP contribution in [0.15, 0.2) is 41.7 Å². The number of ether oxygens (including phenoxy) is 1. The normalized spacial score (nSPS) is 21.5. The van der Waals surface area contributed by atoms with Crippen LogP contribution in [0, 0.1) is 18.8 Å². The second kappa shape index (κ2) is 5.44. The third-order valence-corrected chi connectivity index (χ3v) is 4.36. The van der Waals surface area contributed by atoms with Crippen molar-refractivity contribution >= 4 is 11.8 Å². The van der Waals surface area contributed by atoms with E-state index < -0.39 is 17.8 Å². The molecule has 0 amide bonds. The van der Waals surface area contributed by atoms with Crippen LogP contribution < -0.4 is 4.74 Å². The molecule has 114 valence electrons. The van der Waals surface area contributed by atoms with E-state index in [0.29, 0.717) is 17.8 Å². The smallest absolute Gasteiger partial charge is 0.307 e. The topological polar surface area (TPSA) is 63.6 Å². The first-order valence-corrected chi connectivity index (χ1v) is 7.43. The largest absolute Gasteiger partial charge is 0.481 e. The number of aliphatic carboxylic acids is 1. The van der Waals surface area contributed by atoms with Crippen molar-refractivity contribution in [2.45, 2.75) is 26.7 Å². The number of hydrogen-bond acceptors (Lipinski definition) is 3. The molecule has 4 heteroatoms. The number of benzene rings is 1. The maximum atomic E-state index is 12.6. The number of hydrogen-bond donors (Lipinski definition) is 1. The van der Waals surface area contributed by atoms with Gasteiger partial charge in [-0.15, -0.1) is 0 Å². The zero-order chi connectivity index (χ0) is 15.9. The Labute approximate surface area is 129 Å². The quantitative estimate of drug-likeness (QED) is 0.911. The average molecular weight is 298 g/mol. The van der Waals surface area contributed by atoms with E-state index in [-0.39, 0.29) is 5.78 Å². The number of carboxylic acid groups (broad SMARTS) is 1. The lowest BCUT2D eigenvalue weighted by Gasteiger charge is -2.22. The molecule has 1 aliphatic heterocycles. The van der Waals surface area contributed by atoms with Gasteiger partial charge in [-0.3, -0.25) is 9.59 Å². The Morgan fingerprint density at radius 2 is 2.14 bits per heavy atom. The van der Waals surface area contributed by atoms with Crippen molar-refractivity contribution in [1.82, 2.24) is 0 Å². The molecule has 0 radical (unpaired) electrons. The number of allylic oxidation sites excluding steroid dienone is 3. The first-order valence-electron chi connectivity index (χ1n) is 7.43. The lowest BCUT2D eigenvalue weighted by molar-refractivity contribution is -0.144. The molecule has 1 N–H and O–H groups in total. The zero-order valence-electron chi connectivity index (χ0n) is 12.6. The molecule has 1 aromatic carbocycles. The predicted octanol–water partition coefficient (Wildman–Crippen LogP) is 3.05. The molecule has 0 fully saturated rings. The van der Waals surface area contributed by atoms with E-state index >= 15 is 0 Å². The second-order valence-electron chi connectivity index (χ2n) is 5.93. The summed E-state index contributed by atoms with van der Waals surface area (Å²) in [6, 6.07) is 5.97. The van der Waals surface area contributed by atoms with E-state index in [0.717, 1.165) is 23.3 Å². The summed E-state index contributed by atoms with van der Waals surface area (Å²) in [4.78, 5) is 23.8. The number of fused-ring (bicyclic) bond motifs is 1. The Kier molecular flexibility index (Phi) is 3.61. The average Bonchev–Trinajstić information content (AvgIpc) is 2.66. The van der Waals surface area contributed by atoms with Crippen LogP contribution in [0.25, 0.3) is 0 Å². The molecular weight excluding hydrogens is 280 g/mol. The summed E-state index contributed by atoms with van der Waals surface area (Å²) >= 11 is 0. The summed E-state index contributed by atoms with van der Waals surface area (Å²) < 4.78 is 5.90. The molecule has 2 atom stereocenters. The molecule has 2 unspecified atom stereocenters. The molecule has 22 heavy (non-hydrogen) atoms. The van der Waals surface area contributed by atoms with Gasteiger partial charge in [-0.1, -0.05) is 30.7 Å². The Hall–Kier alpha value is -2.36. The van der Waals surface area contributed by atoms with Crippen molar-refractivity contribution in [3.05, 3.63) is 52.8 Å². The van der Waals surface area contributed by atoms with E-state index in [4.69, 9.17) is 9.84 Å². The van der Waals surface area contributed by atoms with Crippen molar-refractivity contribution in [2.24, 2.45) is 11.8 Å². The van der Waals surface area contributed by atoms with Crippen molar-refractivity contribution in [3.8, 4) is 5.75 Å². The highest BCUT2D eigenvalue weighted by atomic mass is 16.5. The lowest BCUT2D eigenvalue weighted by Crippen LogP contribution is -2.30. The van der Waals surface area contributed by atoms with Gasteiger partial charge in [0.05, 0.1) is 11.8 Å². The Bertz CT molecular complexity index is 712. The molecule has 4 nitrogen and oxygen atoms in total. The van der Waals surface area contributed by atoms with E-state index in [1.165, 1.54) is 0 Å². The first kappa shape index (κ1) is 14.6. The minimum atomic E-state index is -0.958. The van der Waals surface area contributed by atoms with E-state index in [9.17, 15) is 9.59 Å².